The molecule has 5 heteroatoms. The van der Waals surface area contributed by atoms with Crippen molar-refractivity contribution in [2.24, 2.45) is 5.73 Å². The number of rotatable bonds is 20. The van der Waals surface area contributed by atoms with Crippen molar-refractivity contribution in [3.8, 4) is 0 Å². The number of benzene rings is 1. The Morgan fingerprint density at radius 1 is 0.882 bits per heavy atom. The minimum Gasteiger partial charge on any atom is -0.368 e. The zero-order valence-electron chi connectivity index (χ0n) is 21.6. The summed E-state index contributed by atoms with van der Waals surface area (Å²) in [7, 11) is 0. The molecule has 1 atom stereocenters. The largest absolute Gasteiger partial charge is 0.368 e. The topological polar surface area (TPSA) is 63.4 Å². The molecule has 2 rings (SSSR count). The summed E-state index contributed by atoms with van der Waals surface area (Å²) in [4.78, 5) is 25.1. The lowest BCUT2D eigenvalue weighted by molar-refractivity contribution is -0.132. The van der Waals surface area contributed by atoms with Crippen LogP contribution >= 0.6 is 11.8 Å². The molecule has 1 unspecified atom stereocenters. The van der Waals surface area contributed by atoms with E-state index in [1.165, 1.54) is 108 Å². The Morgan fingerprint density at radius 3 is 1.94 bits per heavy atom. The molecule has 0 radical (unpaired) electrons. The highest BCUT2D eigenvalue weighted by Crippen LogP contribution is 2.38. The summed E-state index contributed by atoms with van der Waals surface area (Å²) in [5, 5.41) is -0.0919. The first kappa shape index (κ1) is 28.7. The van der Waals surface area contributed by atoms with Crippen molar-refractivity contribution in [2.45, 2.75) is 121 Å². The van der Waals surface area contributed by atoms with Gasteiger partial charge < -0.3 is 10.6 Å². The maximum absolute atomic E-state index is 12.1. The van der Waals surface area contributed by atoms with Crippen LogP contribution in [0.4, 0.5) is 0 Å². The Morgan fingerprint density at radius 2 is 1.41 bits per heavy atom. The van der Waals surface area contributed by atoms with Crippen LogP contribution in [0.3, 0.4) is 0 Å². The number of aryl methyl sites for hydroxylation is 1. The lowest BCUT2D eigenvalue weighted by Crippen LogP contribution is -2.36. The smallest absolute Gasteiger partial charge is 0.237 e. The summed E-state index contributed by atoms with van der Waals surface area (Å²) < 4.78 is 0. The Kier molecular flexibility index (Phi) is 15.1. The van der Waals surface area contributed by atoms with Crippen LogP contribution in [0.25, 0.3) is 0 Å². The Balaban J connectivity index is 1.49. The molecule has 0 aliphatic carbocycles. The van der Waals surface area contributed by atoms with Gasteiger partial charge in [0, 0.05) is 0 Å². The third-order valence-corrected chi connectivity index (χ3v) is 8.11. The number of thioether (sulfide) groups is 1. The summed E-state index contributed by atoms with van der Waals surface area (Å²) in [5.41, 5.74) is 7.76. The van der Waals surface area contributed by atoms with Gasteiger partial charge in [-0.25, -0.2) is 0 Å². The highest BCUT2D eigenvalue weighted by molar-refractivity contribution is 8.00. The fourth-order valence-electron chi connectivity index (χ4n) is 4.85. The van der Waals surface area contributed by atoms with Crippen molar-refractivity contribution >= 4 is 23.6 Å². The van der Waals surface area contributed by atoms with E-state index in [2.05, 4.69) is 31.2 Å². The Hall–Kier alpha value is -1.49. The van der Waals surface area contributed by atoms with E-state index < -0.39 is 5.91 Å². The van der Waals surface area contributed by atoms with Crippen molar-refractivity contribution in [3.05, 3.63) is 35.4 Å². The number of carbonyl (C=O) groups is 2. The standard InChI is InChI=1S/C29H48N2O2S/c1-2-3-4-5-6-7-8-9-10-11-12-13-14-15-16-17-19-25-20-18-21-26(22-25)29-31(23-27(30)32)28(33)24-34-29/h18,20-22,29H,2-17,19,23-24H2,1H3,(H2,30,32). The molecule has 1 saturated heterocycles. The monoisotopic (exact) mass is 488 g/mol. The van der Waals surface area contributed by atoms with Crippen molar-refractivity contribution in [1.29, 1.82) is 0 Å². The van der Waals surface area contributed by atoms with Crippen molar-refractivity contribution in [2.75, 3.05) is 12.3 Å². The van der Waals surface area contributed by atoms with Crippen LogP contribution in [0.1, 0.15) is 126 Å². The molecule has 1 fully saturated rings. The zero-order valence-corrected chi connectivity index (χ0v) is 22.4. The molecule has 0 aromatic heterocycles. The summed E-state index contributed by atoms with van der Waals surface area (Å²) in [5.74, 6) is -0.0384. The van der Waals surface area contributed by atoms with E-state index >= 15 is 0 Å². The van der Waals surface area contributed by atoms with Gasteiger partial charge in [-0.3, -0.25) is 9.59 Å². The van der Waals surface area contributed by atoms with Crippen LogP contribution in [-0.2, 0) is 16.0 Å². The van der Waals surface area contributed by atoms with E-state index in [-0.39, 0.29) is 17.8 Å². The van der Waals surface area contributed by atoms with Gasteiger partial charge in [0.25, 0.3) is 0 Å². The molecule has 34 heavy (non-hydrogen) atoms. The SMILES string of the molecule is CCCCCCCCCCCCCCCCCCc1cccc(C2SCC(=O)N2CC(N)=O)c1. The maximum Gasteiger partial charge on any atom is 0.237 e. The molecule has 4 nitrogen and oxygen atoms in total. The average Bonchev–Trinajstić information content (AvgIpc) is 3.18. The van der Waals surface area contributed by atoms with Gasteiger partial charge in [0.05, 0.1) is 5.75 Å². The number of nitrogens with two attached hydrogens (primary N) is 1. The second-order valence-corrected chi connectivity index (χ2v) is 11.0. The number of hydrogen-bond donors (Lipinski definition) is 1. The third-order valence-electron chi connectivity index (χ3n) is 6.85. The predicted octanol–water partition coefficient (Wildman–Crippen LogP) is 7.55. The molecule has 2 amide bonds. The molecule has 1 heterocycles. The lowest BCUT2D eigenvalue weighted by atomic mass is 10.0. The minimum absolute atomic E-state index is 0.000146. The zero-order chi connectivity index (χ0) is 24.4. The molecule has 1 aromatic carbocycles. The van der Waals surface area contributed by atoms with Gasteiger partial charge in [-0.05, 0) is 24.0 Å². The highest BCUT2D eigenvalue weighted by Gasteiger charge is 2.33. The molecule has 192 valence electrons. The van der Waals surface area contributed by atoms with Crippen molar-refractivity contribution in [1.82, 2.24) is 4.90 Å². The van der Waals surface area contributed by atoms with E-state index in [1.807, 2.05) is 0 Å². The van der Waals surface area contributed by atoms with Crippen LogP contribution in [-0.4, -0.2) is 29.0 Å². The summed E-state index contributed by atoms with van der Waals surface area (Å²) >= 11 is 1.58. The first-order chi connectivity index (χ1) is 16.6. The molecule has 1 aliphatic heterocycles. The highest BCUT2D eigenvalue weighted by atomic mass is 32.2. The number of hydrogen-bond acceptors (Lipinski definition) is 3. The first-order valence-corrected chi connectivity index (χ1v) is 14.9. The summed E-state index contributed by atoms with van der Waals surface area (Å²) in [6.45, 7) is 2.28. The van der Waals surface area contributed by atoms with Gasteiger partial charge in [0.2, 0.25) is 11.8 Å². The van der Waals surface area contributed by atoms with Crippen LogP contribution < -0.4 is 5.73 Å². The number of nitrogens with zero attached hydrogens (tertiary/aromatic N) is 1. The van der Waals surface area contributed by atoms with E-state index in [0.29, 0.717) is 5.75 Å². The van der Waals surface area contributed by atoms with Crippen molar-refractivity contribution < 1.29 is 9.59 Å². The number of unbranched alkanes of at least 4 members (excludes halogenated alkanes) is 15. The number of primary amides is 1. The minimum atomic E-state index is -0.454. The lowest BCUT2D eigenvalue weighted by Gasteiger charge is -2.23. The normalized spacial score (nSPS) is 15.9. The average molecular weight is 489 g/mol. The molecule has 2 N–H and O–H groups in total. The molecule has 0 bridgehead atoms. The van der Waals surface area contributed by atoms with E-state index in [9.17, 15) is 9.59 Å². The Labute approximate surface area is 212 Å². The van der Waals surface area contributed by atoms with E-state index in [4.69, 9.17) is 5.73 Å². The molecule has 0 saturated carbocycles. The van der Waals surface area contributed by atoms with Gasteiger partial charge in [0.15, 0.2) is 0 Å². The van der Waals surface area contributed by atoms with Gasteiger partial charge in [-0.1, -0.05) is 128 Å². The van der Waals surface area contributed by atoms with E-state index in [1.54, 1.807) is 16.7 Å². The predicted molar refractivity (Wildman–Crippen MR) is 146 cm³/mol. The van der Waals surface area contributed by atoms with Crippen LogP contribution in [0.15, 0.2) is 24.3 Å². The van der Waals surface area contributed by atoms with Crippen LogP contribution in [0, 0.1) is 0 Å². The van der Waals surface area contributed by atoms with Gasteiger partial charge in [-0.15, -0.1) is 11.8 Å². The molecule has 1 aliphatic rings. The molecular weight excluding hydrogens is 440 g/mol. The Bertz CT molecular complexity index is 709. The molecule has 0 spiro atoms. The van der Waals surface area contributed by atoms with Gasteiger partial charge in [0.1, 0.15) is 11.9 Å². The molecule has 1 aromatic rings. The van der Waals surface area contributed by atoms with Gasteiger partial charge >= 0.3 is 0 Å². The van der Waals surface area contributed by atoms with Gasteiger partial charge in [-0.2, -0.15) is 0 Å². The third kappa shape index (κ3) is 11.8. The summed E-state index contributed by atoms with van der Waals surface area (Å²) in [6, 6.07) is 8.51. The van der Waals surface area contributed by atoms with E-state index in [0.717, 1.165) is 12.0 Å². The first-order valence-electron chi connectivity index (χ1n) is 13.9. The molecular formula is C29H48N2O2S. The van der Waals surface area contributed by atoms with Crippen LogP contribution in [0.2, 0.25) is 0 Å². The van der Waals surface area contributed by atoms with Crippen molar-refractivity contribution in [3.63, 3.8) is 0 Å². The number of carbonyl (C=O) groups excluding carboxylic acids is 2. The van der Waals surface area contributed by atoms with Crippen LogP contribution in [0.5, 0.6) is 0 Å². The summed E-state index contributed by atoms with van der Waals surface area (Å²) in [6.07, 6.45) is 23.3. The fraction of sp³-hybridized carbons (Fsp3) is 0.724. The maximum atomic E-state index is 12.1. The second kappa shape index (κ2) is 17.9. The number of amides is 2. The fourth-order valence-corrected chi connectivity index (χ4v) is 6.03. The quantitative estimate of drug-likeness (QED) is 0.193. The second-order valence-electron chi connectivity index (χ2n) is 9.95.